The van der Waals surface area contributed by atoms with E-state index in [2.05, 4.69) is 42.0 Å². The molecule has 1 aromatic carbocycles. The third-order valence-electron chi connectivity index (χ3n) is 3.79. The van der Waals surface area contributed by atoms with Crippen LogP contribution in [0.5, 0.6) is 5.75 Å². The van der Waals surface area contributed by atoms with E-state index in [4.69, 9.17) is 4.74 Å². The molecule has 1 aliphatic rings. The van der Waals surface area contributed by atoms with Crippen LogP contribution in [0.15, 0.2) is 22.7 Å². The quantitative estimate of drug-likeness (QED) is 0.913. The minimum atomic E-state index is -0.313. The zero-order valence-electron chi connectivity index (χ0n) is 11.0. The Morgan fingerprint density at radius 2 is 2.22 bits per heavy atom. The monoisotopic (exact) mass is 315 g/mol. The third kappa shape index (κ3) is 2.54. The molecule has 100 valence electrons. The maximum atomic E-state index is 13.7. The number of halogens is 2. The molecule has 1 aliphatic carbocycles. The largest absolute Gasteiger partial charge is 0.487 e. The summed E-state index contributed by atoms with van der Waals surface area (Å²) in [4.78, 5) is 0. The van der Waals surface area contributed by atoms with Crippen molar-refractivity contribution in [2.75, 3.05) is 6.54 Å². The van der Waals surface area contributed by atoms with Crippen molar-refractivity contribution in [2.45, 2.75) is 39.3 Å². The van der Waals surface area contributed by atoms with Crippen LogP contribution in [0.25, 0.3) is 0 Å². The van der Waals surface area contributed by atoms with E-state index in [1.54, 1.807) is 12.1 Å². The van der Waals surface area contributed by atoms with Crippen molar-refractivity contribution < 1.29 is 9.13 Å². The van der Waals surface area contributed by atoms with E-state index in [9.17, 15) is 4.39 Å². The Hall–Kier alpha value is -0.610. The average Bonchev–Trinajstić information content (AvgIpc) is 2.30. The number of rotatable bonds is 4. The summed E-state index contributed by atoms with van der Waals surface area (Å²) < 4.78 is 20.2. The van der Waals surface area contributed by atoms with Crippen LogP contribution < -0.4 is 10.1 Å². The van der Waals surface area contributed by atoms with Gasteiger partial charge < -0.3 is 10.1 Å². The van der Waals surface area contributed by atoms with Gasteiger partial charge in [-0.05, 0) is 24.7 Å². The molecule has 1 fully saturated rings. The lowest BCUT2D eigenvalue weighted by Gasteiger charge is -2.51. The Morgan fingerprint density at radius 3 is 2.78 bits per heavy atom. The fourth-order valence-electron chi connectivity index (χ4n) is 2.40. The molecular formula is C14H19BrFNO. The smallest absolute Gasteiger partial charge is 0.166 e. The van der Waals surface area contributed by atoms with Gasteiger partial charge >= 0.3 is 0 Å². The first-order valence-electron chi connectivity index (χ1n) is 6.30. The van der Waals surface area contributed by atoms with Gasteiger partial charge in [-0.15, -0.1) is 0 Å². The molecule has 2 unspecified atom stereocenters. The van der Waals surface area contributed by atoms with Crippen LogP contribution in [-0.2, 0) is 0 Å². The number of benzene rings is 1. The summed E-state index contributed by atoms with van der Waals surface area (Å²) in [6, 6.07) is 5.36. The summed E-state index contributed by atoms with van der Waals surface area (Å²) in [5.41, 5.74) is 0.0372. The van der Waals surface area contributed by atoms with E-state index >= 15 is 0 Å². The molecule has 0 radical (unpaired) electrons. The average molecular weight is 316 g/mol. The zero-order chi connectivity index (χ0) is 13.3. The molecule has 0 spiro atoms. The molecule has 2 nitrogen and oxygen atoms in total. The van der Waals surface area contributed by atoms with Crippen LogP contribution >= 0.6 is 15.9 Å². The molecule has 0 saturated heterocycles. The van der Waals surface area contributed by atoms with Crippen LogP contribution in [0.4, 0.5) is 4.39 Å². The Morgan fingerprint density at radius 1 is 1.50 bits per heavy atom. The van der Waals surface area contributed by atoms with Crippen LogP contribution in [0, 0.1) is 11.2 Å². The Balaban J connectivity index is 2.03. The molecular weight excluding hydrogens is 297 g/mol. The van der Waals surface area contributed by atoms with Crippen LogP contribution in [0.2, 0.25) is 0 Å². The van der Waals surface area contributed by atoms with Crippen molar-refractivity contribution in [3.05, 3.63) is 28.5 Å². The second-order valence-corrected chi connectivity index (χ2v) is 6.26. The van der Waals surface area contributed by atoms with Gasteiger partial charge in [0.25, 0.3) is 0 Å². The standard InChI is InChI=1S/C14H19BrFNO/c1-4-17-12-8-13(14(12,2)3)18-11-6-5-9(15)7-10(11)16/h5-7,12-13,17H,4,8H2,1-3H3. The van der Waals surface area contributed by atoms with E-state index in [1.807, 2.05) is 0 Å². The van der Waals surface area contributed by atoms with Gasteiger partial charge in [0.15, 0.2) is 11.6 Å². The molecule has 18 heavy (non-hydrogen) atoms. The molecule has 4 heteroatoms. The molecule has 0 bridgehead atoms. The third-order valence-corrected chi connectivity index (χ3v) is 4.28. The van der Waals surface area contributed by atoms with Gasteiger partial charge in [0.1, 0.15) is 6.10 Å². The Labute approximate surface area is 116 Å². The highest BCUT2D eigenvalue weighted by atomic mass is 79.9. The summed E-state index contributed by atoms with van der Waals surface area (Å²) in [6.45, 7) is 7.36. The summed E-state index contributed by atoms with van der Waals surface area (Å²) in [6.07, 6.45) is 0.994. The van der Waals surface area contributed by atoms with Gasteiger partial charge in [-0.25, -0.2) is 4.39 Å². The van der Waals surface area contributed by atoms with Crippen molar-refractivity contribution in [3.63, 3.8) is 0 Å². The van der Waals surface area contributed by atoms with E-state index < -0.39 is 0 Å². The van der Waals surface area contributed by atoms with E-state index in [0.29, 0.717) is 11.8 Å². The fraction of sp³-hybridized carbons (Fsp3) is 0.571. The molecule has 2 atom stereocenters. The predicted octanol–water partition coefficient (Wildman–Crippen LogP) is 3.74. The van der Waals surface area contributed by atoms with Crippen LogP contribution in [0.3, 0.4) is 0 Å². The zero-order valence-corrected chi connectivity index (χ0v) is 12.6. The lowest BCUT2D eigenvalue weighted by molar-refractivity contribution is -0.0558. The number of hydrogen-bond acceptors (Lipinski definition) is 2. The molecule has 1 N–H and O–H groups in total. The maximum Gasteiger partial charge on any atom is 0.166 e. The highest BCUT2D eigenvalue weighted by Crippen LogP contribution is 2.43. The fourth-order valence-corrected chi connectivity index (χ4v) is 2.74. The van der Waals surface area contributed by atoms with Gasteiger partial charge in [-0.1, -0.05) is 36.7 Å². The van der Waals surface area contributed by atoms with E-state index in [0.717, 1.165) is 17.4 Å². The first kappa shape index (κ1) is 13.8. The van der Waals surface area contributed by atoms with E-state index in [1.165, 1.54) is 6.07 Å². The first-order chi connectivity index (χ1) is 8.45. The molecule has 1 aromatic rings. The predicted molar refractivity (Wildman–Crippen MR) is 74.4 cm³/mol. The van der Waals surface area contributed by atoms with Crippen LogP contribution in [-0.4, -0.2) is 18.7 Å². The van der Waals surface area contributed by atoms with Gasteiger partial charge in [-0.3, -0.25) is 0 Å². The van der Waals surface area contributed by atoms with E-state index in [-0.39, 0.29) is 17.3 Å². The SMILES string of the molecule is CCNC1CC(Oc2ccc(Br)cc2F)C1(C)C. The molecule has 2 rings (SSSR count). The van der Waals surface area contributed by atoms with Gasteiger partial charge in [0.05, 0.1) is 0 Å². The highest BCUT2D eigenvalue weighted by molar-refractivity contribution is 9.10. The number of ether oxygens (including phenoxy) is 1. The lowest BCUT2D eigenvalue weighted by atomic mass is 9.64. The van der Waals surface area contributed by atoms with Crippen molar-refractivity contribution in [1.82, 2.24) is 5.32 Å². The van der Waals surface area contributed by atoms with Crippen molar-refractivity contribution in [3.8, 4) is 5.75 Å². The van der Waals surface area contributed by atoms with Crippen molar-refractivity contribution in [2.24, 2.45) is 5.41 Å². The minimum Gasteiger partial charge on any atom is -0.487 e. The summed E-state index contributed by atoms with van der Waals surface area (Å²) >= 11 is 3.24. The minimum absolute atomic E-state index is 0.0372. The lowest BCUT2D eigenvalue weighted by Crippen LogP contribution is -2.62. The molecule has 0 amide bonds. The molecule has 0 heterocycles. The first-order valence-corrected chi connectivity index (χ1v) is 7.09. The summed E-state index contributed by atoms with van der Waals surface area (Å²) in [5.74, 6) is 0.0262. The molecule has 0 aromatic heterocycles. The summed E-state index contributed by atoms with van der Waals surface area (Å²) in [5, 5.41) is 3.43. The normalized spacial score (nSPS) is 25.6. The number of nitrogens with one attached hydrogen (secondary N) is 1. The Bertz CT molecular complexity index is 436. The topological polar surface area (TPSA) is 21.3 Å². The Kier molecular flexibility index (Phi) is 3.97. The second-order valence-electron chi connectivity index (χ2n) is 5.35. The molecule has 0 aliphatic heterocycles. The van der Waals surface area contributed by atoms with Crippen molar-refractivity contribution in [1.29, 1.82) is 0 Å². The second kappa shape index (κ2) is 5.17. The highest BCUT2D eigenvalue weighted by Gasteiger charge is 2.49. The number of hydrogen-bond donors (Lipinski definition) is 1. The summed E-state index contributed by atoms with van der Waals surface area (Å²) in [7, 11) is 0. The van der Waals surface area contributed by atoms with Gasteiger partial charge in [0, 0.05) is 22.4 Å². The van der Waals surface area contributed by atoms with Gasteiger partial charge in [0.2, 0.25) is 0 Å². The van der Waals surface area contributed by atoms with Gasteiger partial charge in [-0.2, -0.15) is 0 Å². The van der Waals surface area contributed by atoms with Crippen molar-refractivity contribution >= 4 is 15.9 Å². The molecule has 1 saturated carbocycles. The maximum absolute atomic E-state index is 13.7. The van der Waals surface area contributed by atoms with Crippen LogP contribution in [0.1, 0.15) is 27.2 Å².